The highest BCUT2D eigenvalue weighted by atomic mass is 35.5. The largest absolute Gasteiger partial charge is 0.466 e. The summed E-state index contributed by atoms with van der Waals surface area (Å²) < 4.78 is 8.88. The minimum Gasteiger partial charge on any atom is -0.396 e. The van der Waals surface area contributed by atoms with Gasteiger partial charge >= 0.3 is 7.82 Å². The molecule has 1 atom stereocenters. The molecule has 5 N–H and O–H groups in total. The molecular formula is C25H53Cl2O7P. The molecule has 0 aliphatic heterocycles. The van der Waals surface area contributed by atoms with E-state index in [9.17, 15) is 9.90 Å². The van der Waals surface area contributed by atoms with Gasteiger partial charge in [-0.3, -0.25) is 4.79 Å². The summed E-state index contributed by atoms with van der Waals surface area (Å²) in [5.41, 5.74) is 0. The zero-order chi connectivity index (χ0) is 25.2. The van der Waals surface area contributed by atoms with Crippen molar-refractivity contribution < 1.29 is 34.3 Å². The summed E-state index contributed by atoms with van der Waals surface area (Å²) >= 11 is 0. The number of Topliss-reactive ketones (excluding diaryl/α,β-unsaturated/α-hetero) is 1. The van der Waals surface area contributed by atoms with E-state index in [0.29, 0.717) is 6.42 Å². The fourth-order valence-corrected chi connectivity index (χ4v) is 3.53. The van der Waals surface area contributed by atoms with Crippen LogP contribution in [0.25, 0.3) is 0 Å². The van der Waals surface area contributed by atoms with Gasteiger partial charge < -0.3 is 24.9 Å². The zero-order valence-corrected chi connectivity index (χ0v) is 24.2. The highest BCUT2D eigenvalue weighted by Crippen LogP contribution is 2.25. The van der Waals surface area contributed by atoms with E-state index < -0.39 is 13.9 Å². The van der Waals surface area contributed by atoms with Crippen molar-refractivity contribution in [1.29, 1.82) is 0 Å². The number of halogens is 2. The number of allylic oxidation sites excluding steroid dienone is 2. The van der Waals surface area contributed by atoms with Crippen molar-refractivity contribution in [3.05, 3.63) is 12.2 Å². The van der Waals surface area contributed by atoms with Crippen molar-refractivity contribution >= 4 is 38.4 Å². The standard InChI is InChI=1S/C25H48O3.2ClH.H3O4P/c1-2-3-4-5-6-7-8-9-10-11-12-13-14-15-16-17-18-19-20-21-24(27)25(28)22-23-26;;;1-5(2,3)4/h9-10,25-26,28H,2-8,11-23H2,1H3;2*1H;(H3,1,2,3,4). The van der Waals surface area contributed by atoms with E-state index in [1.54, 1.807) is 0 Å². The van der Waals surface area contributed by atoms with E-state index in [0.717, 1.165) is 12.8 Å². The first-order chi connectivity index (χ1) is 15.7. The van der Waals surface area contributed by atoms with Gasteiger partial charge in [-0.2, -0.15) is 0 Å². The van der Waals surface area contributed by atoms with Gasteiger partial charge in [0.2, 0.25) is 0 Å². The van der Waals surface area contributed by atoms with Crippen LogP contribution in [0.3, 0.4) is 0 Å². The Bertz CT molecular complexity index is 494. The Morgan fingerprint density at radius 1 is 0.714 bits per heavy atom. The lowest BCUT2D eigenvalue weighted by atomic mass is 10.0. The highest BCUT2D eigenvalue weighted by molar-refractivity contribution is 7.45. The Balaban J connectivity index is -0.000000619. The number of aliphatic hydroxyl groups is 2. The van der Waals surface area contributed by atoms with E-state index >= 15 is 0 Å². The maximum absolute atomic E-state index is 11.5. The Morgan fingerprint density at radius 2 is 1.06 bits per heavy atom. The second kappa shape index (κ2) is 32.0. The number of hydrogen-bond donors (Lipinski definition) is 5. The summed E-state index contributed by atoms with van der Waals surface area (Å²) in [7, 11) is -4.64. The maximum atomic E-state index is 11.5. The van der Waals surface area contributed by atoms with Gasteiger partial charge in [0.15, 0.2) is 5.78 Å². The molecule has 0 saturated heterocycles. The Hall–Kier alpha value is 0.0200. The van der Waals surface area contributed by atoms with Crippen LogP contribution in [0.4, 0.5) is 0 Å². The fourth-order valence-electron chi connectivity index (χ4n) is 3.53. The number of carbonyl (C=O) groups is 1. The molecule has 0 rings (SSSR count). The first kappa shape index (κ1) is 42.1. The van der Waals surface area contributed by atoms with E-state index in [2.05, 4.69) is 19.1 Å². The van der Waals surface area contributed by atoms with Crippen LogP contribution in [0.1, 0.15) is 129 Å². The van der Waals surface area contributed by atoms with E-state index in [-0.39, 0.29) is 43.6 Å². The fraction of sp³-hybridized carbons (Fsp3) is 0.880. The first-order valence-corrected chi connectivity index (χ1v) is 14.5. The lowest BCUT2D eigenvalue weighted by molar-refractivity contribution is -0.127. The second-order valence-corrected chi connectivity index (χ2v) is 9.78. The van der Waals surface area contributed by atoms with Gasteiger partial charge in [0.25, 0.3) is 0 Å². The molecule has 0 amide bonds. The topological polar surface area (TPSA) is 135 Å². The van der Waals surface area contributed by atoms with Crippen LogP contribution in [0.15, 0.2) is 12.2 Å². The average Bonchev–Trinajstić information content (AvgIpc) is 2.74. The van der Waals surface area contributed by atoms with Crippen LogP contribution in [0.2, 0.25) is 0 Å². The SMILES string of the molecule is CCCCCCCCC=CCCCCCCCCCCCC(=O)C(O)CCO.Cl.Cl.O=P(O)(O)O. The molecule has 1 unspecified atom stereocenters. The maximum Gasteiger partial charge on any atom is 0.466 e. The van der Waals surface area contributed by atoms with Crippen molar-refractivity contribution in [2.75, 3.05) is 6.61 Å². The molecule has 0 aromatic carbocycles. The molecule has 0 aromatic rings. The molecule has 214 valence electrons. The number of rotatable bonds is 22. The molecule has 0 heterocycles. The van der Waals surface area contributed by atoms with Gasteiger partial charge in [-0.15, -0.1) is 24.8 Å². The predicted molar refractivity (Wildman–Crippen MR) is 149 cm³/mol. The van der Waals surface area contributed by atoms with Crippen molar-refractivity contribution in [1.82, 2.24) is 0 Å². The third kappa shape index (κ3) is 44.4. The molecule has 7 nitrogen and oxygen atoms in total. The molecule has 0 aliphatic rings. The average molecular weight is 568 g/mol. The zero-order valence-electron chi connectivity index (χ0n) is 21.7. The monoisotopic (exact) mass is 566 g/mol. The van der Waals surface area contributed by atoms with Gasteiger partial charge in [-0.1, -0.05) is 96.1 Å². The Kier molecular flexibility index (Phi) is 38.6. The third-order valence-electron chi connectivity index (χ3n) is 5.46. The third-order valence-corrected chi connectivity index (χ3v) is 5.46. The summed E-state index contributed by atoms with van der Waals surface area (Å²) in [6.45, 7) is 2.15. The summed E-state index contributed by atoms with van der Waals surface area (Å²) in [6.07, 6.45) is 26.3. The predicted octanol–water partition coefficient (Wildman–Crippen LogP) is 6.81. The van der Waals surface area contributed by atoms with E-state index in [4.69, 9.17) is 24.4 Å². The number of ketones is 1. The van der Waals surface area contributed by atoms with Gasteiger partial charge in [0.05, 0.1) is 0 Å². The van der Waals surface area contributed by atoms with Gasteiger partial charge in [0.1, 0.15) is 6.10 Å². The normalized spacial score (nSPS) is 11.8. The molecule has 0 radical (unpaired) electrons. The van der Waals surface area contributed by atoms with Crippen LogP contribution in [-0.2, 0) is 9.36 Å². The van der Waals surface area contributed by atoms with Crippen LogP contribution < -0.4 is 0 Å². The lowest BCUT2D eigenvalue weighted by Gasteiger charge is -2.07. The molecule has 0 aliphatic carbocycles. The molecule has 0 saturated carbocycles. The summed E-state index contributed by atoms with van der Waals surface area (Å²) in [5, 5.41) is 18.2. The van der Waals surface area contributed by atoms with Gasteiger partial charge in [-0.25, -0.2) is 4.57 Å². The Morgan fingerprint density at radius 3 is 1.43 bits per heavy atom. The molecule has 0 fully saturated rings. The molecule has 35 heavy (non-hydrogen) atoms. The Labute approximate surface area is 226 Å². The minimum atomic E-state index is -4.64. The summed E-state index contributed by atoms with van der Waals surface area (Å²) in [6, 6.07) is 0. The van der Waals surface area contributed by atoms with Crippen molar-refractivity contribution in [2.24, 2.45) is 0 Å². The van der Waals surface area contributed by atoms with Crippen LogP contribution >= 0.6 is 32.6 Å². The summed E-state index contributed by atoms with van der Waals surface area (Å²) in [4.78, 5) is 33.1. The lowest BCUT2D eigenvalue weighted by Crippen LogP contribution is -2.21. The minimum absolute atomic E-state index is 0. The van der Waals surface area contributed by atoms with E-state index in [1.807, 2.05) is 0 Å². The molecule has 0 spiro atoms. The molecule has 0 aromatic heterocycles. The number of hydrogen-bond acceptors (Lipinski definition) is 4. The number of phosphoric acid groups is 1. The number of aliphatic hydroxyl groups excluding tert-OH is 2. The number of unbranched alkanes of at least 4 members (excludes halogenated alkanes) is 15. The number of carbonyl (C=O) groups excluding carboxylic acids is 1. The van der Waals surface area contributed by atoms with E-state index in [1.165, 1.54) is 96.3 Å². The van der Waals surface area contributed by atoms with Gasteiger partial charge in [0, 0.05) is 19.4 Å². The van der Waals surface area contributed by atoms with Gasteiger partial charge in [-0.05, 0) is 32.1 Å². The second-order valence-electron chi connectivity index (χ2n) is 8.76. The van der Waals surface area contributed by atoms with Crippen molar-refractivity contribution in [3.63, 3.8) is 0 Å². The molecular weight excluding hydrogens is 514 g/mol. The quantitative estimate of drug-likeness (QED) is 0.0551. The highest BCUT2D eigenvalue weighted by Gasteiger charge is 2.13. The molecule has 0 bridgehead atoms. The smallest absolute Gasteiger partial charge is 0.396 e. The van der Waals surface area contributed by atoms with Crippen molar-refractivity contribution in [2.45, 2.75) is 135 Å². The first-order valence-electron chi connectivity index (χ1n) is 13.0. The summed E-state index contributed by atoms with van der Waals surface area (Å²) in [5.74, 6) is -0.116. The molecule has 10 heteroatoms. The van der Waals surface area contributed by atoms with Crippen molar-refractivity contribution in [3.8, 4) is 0 Å². The van der Waals surface area contributed by atoms with Crippen LogP contribution in [0.5, 0.6) is 0 Å². The van der Waals surface area contributed by atoms with Crippen LogP contribution in [-0.4, -0.2) is 43.4 Å². The van der Waals surface area contributed by atoms with Crippen LogP contribution in [0, 0.1) is 0 Å².